The topological polar surface area (TPSA) is 93.1 Å². The lowest BCUT2D eigenvalue weighted by molar-refractivity contribution is -0.123. The first-order valence-corrected chi connectivity index (χ1v) is 13.3. The van der Waals surface area contributed by atoms with E-state index in [2.05, 4.69) is 0 Å². The Morgan fingerprint density at radius 3 is 2.08 bits per heavy atom. The highest BCUT2D eigenvalue weighted by Gasteiger charge is 2.41. The van der Waals surface area contributed by atoms with E-state index in [0.717, 1.165) is 28.5 Å². The van der Waals surface area contributed by atoms with Gasteiger partial charge in [-0.2, -0.15) is 0 Å². The molecule has 0 spiro atoms. The number of rotatable bonds is 9. The molecular formula is C32H25NO6S. The van der Waals surface area contributed by atoms with Crippen LogP contribution in [0.3, 0.4) is 0 Å². The number of aromatic carboxylic acids is 1. The molecule has 7 nitrogen and oxygen atoms in total. The van der Waals surface area contributed by atoms with Gasteiger partial charge in [0.1, 0.15) is 6.61 Å². The number of amides is 2. The maximum absolute atomic E-state index is 13.6. The van der Waals surface area contributed by atoms with E-state index in [0.29, 0.717) is 22.0 Å². The van der Waals surface area contributed by atoms with Crippen LogP contribution in [0, 0.1) is 0 Å². The Bertz CT molecular complexity index is 1530. The van der Waals surface area contributed by atoms with Gasteiger partial charge in [0, 0.05) is 0 Å². The Kier molecular flexibility index (Phi) is 7.98. The fourth-order valence-electron chi connectivity index (χ4n) is 4.41. The van der Waals surface area contributed by atoms with E-state index in [1.165, 1.54) is 24.1 Å². The average Bonchev–Trinajstić information content (AvgIpc) is 3.25. The summed E-state index contributed by atoms with van der Waals surface area (Å²) in [7, 11) is 1.52. The molecule has 0 unspecified atom stereocenters. The van der Waals surface area contributed by atoms with Crippen LogP contribution in [0.15, 0.2) is 108 Å². The summed E-state index contributed by atoms with van der Waals surface area (Å²) in [5.74, 6) is -0.403. The second kappa shape index (κ2) is 11.9. The van der Waals surface area contributed by atoms with Crippen molar-refractivity contribution in [3.63, 3.8) is 0 Å². The molecule has 0 bridgehead atoms. The molecule has 1 aliphatic heterocycles. The number of ether oxygens (including phenoxy) is 2. The largest absolute Gasteiger partial charge is 0.493 e. The summed E-state index contributed by atoms with van der Waals surface area (Å²) in [6, 6.07) is 30.1. The van der Waals surface area contributed by atoms with Crippen LogP contribution in [-0.4, -0.2) is 34.2 Å². The van der Waals surface area contributed by atoms with Crippen LogP contribution >= 0.6 is 11.8 Å². The lowest BCUT2D eigenvalue weighted by Crippen LogP contribution is -2.33. The maximum Gasteiger partial charge on any atom is 0.335 e. The van der Waals surface area contributed by atoms with E-state index in [-0.39, 0.29) is 23.3 Å². The average molecular weight is 552 g/mol. The molecule has 4 aromatic rings. The number of carbonyl (C=O) groups is 3. The van der Waals surface area contributed by atoms with Crippen molar-refractivity contribution >= 4 is 35.0 Å². The van der Waals surface area contributed by atoms with Crippen molar-refractivity contribution in [2.75, 3.05) is 7.11 Å². The van der Waals surface area contributed by atoms with Crippen LogP contribution in [0.25, 0.3) is 6.08 Å². The van der Waals surface area contributed by atoms with Crippen molar-refractivity contribution in [3.05, 3.63) is 136 Å². The standard InChI is InChI=1S/C32H25NO6S/c1-38-27-18-22(14-17-26(27)39-20-21-12-15-25(16-13-21)31(35)36)19-28-30(34)33(32(37)40-28)29(23-8-4-2-5-9-23)24-10-6-3-7-11-24/h2-19,29H,20H2,1H3,(H,35,36)/b28-19-. The van der Waals surface area contributed by atoms with Gasteiger partial charge in [0.25, 0.3) is 11.1 Å². The molecule has 0 radical (unpaired) electrons. The highest BCUT2D eigenvalue weighted by atomic mass is 32.2. The van der Waals surface area contributed by atoms with Gasteiger partial charge in [-0.3, -0.25) is 14.5 Å². The van der Waals surface area contributed by atoms with Crippen LogP contribution in [0.5, 0.6) is 11.5 Å². The van der Waals surface area contributed by atoms with Crippen molar-refractivity contribution in [2.45, 2.75) is 12.6 Å². The molecular weight excluding hydrogens is 526 g/mol. The van der Waals surface area contributed by atoms with Crippen LogP contribution < -0.4 is 9.47 Å². The zero-order valence-electron chi connectivity index (χ0n) is 21.5. The predicted octanol–water partition coefficient (Wildman–Crippen LogP) is 6.80. The van der Waals surface area contributed by atoms with Gasteiger partial charge < -0.3 is 14.6 Å². The third-order valence-corrected chi connectivity index (χ3v) is 7.28. The van der Waals surface area contributed by atoms with E-state index < -0.39 is 12.0 Å². The fourth-order valence-corrected chi connectivity index (χ4v) is 5.27. The molecule has 5 rings (SSSR count). The molecule has 1 heterocycles. The molecule has 2 amide bonds. The number of carbonyl (C=O) groups excluding carboxylic acids is 2. The monoisotopic (exact) mass is 551 g/mol. The van der Waals surface area contributed by atoms with Crippen LogP contribution in [-0.2, 0) is 11.4 Å². The summed E-state index contributed by atoms with van der Waals surface area (Å²) in [4.78, 5) is 39.4. The van der Waals surface area contributed by atoms with E-state index >= 15 is 0 Å². The van der Waals surface area contributed by atoms with E-state index in [1.54, 1.807) is 36.4 Å². The molecule has 1 aliphatic rings. The second-order valence-electron chi connectivity index (χ2n) is 8.98. The lowest BCUT2D eigenvalue weighted by Gasteiger charge is -2.26. The number of hydrogen-bond acceptors (Lipinski definition) is 6. The van der Waals surface area contributed by atoms with Crippen molar-refractivity contribution in [3.8, 4) is 11.5 Å². The minimum atomic E-state index is -0.988. The second-order valence-corrected chi connectivity index (χ2v) is 9.97. The third kappa shape index (κ3) is 5.77. The Morgan fingerprint density at radius 2 is 1.50 bits per heavy atom. The molecule has 200 valence electrons. The molecule has 8 heteroatoms. The van der Waals surface area contributed by atoms with Gasteiger partial charge in [-0.25, -0.2) is 4.79 Å². The Balaban J connectivity index is 1.37. The molecule has 0 atom stereocenters. The zero-order valence-corrected chi connectivity index (χ0v) is 22.3. The first kappa shape index (κ1) is 26.8. The number of benzene rings is 4. The van der Waals surface area contributed by atoms with E-state index in [1.807, 2.05) is 60.7 Å². The SMILES string of the molecule is COc1cc(/C=C2\SC(=O)N(C(c3ccccc3)c3ccccc3)C2=O)ccc1OCc1ccc(C(=O)O)cc1. The number of imide groups is 1. The predicted molar refractivity (Wildman–Crippen MR) is 153 cm³/mol. The summed E-state index contributed by atoms with van der Waals surface area (Å²) < 4.78 is 11.4. The number of thioether (sulfide) groups is 1. The molecule has 4 aromatic carbocycles. The van der Waals surface area contributed by atoms with Gasteiger partial charge in [0.05, 0.1) is 23.6 Å². The minimum Gasteiger partial charge on any atom is -0.493 e. The highest BCUT2D eigenvalue weighted by Crippen LogP contribution is 2.41. The zero-order chi connectivity index (χ0) is 28.1. The first-order chi connectivity index (χ1) is 19.4. The summed E-state index contributed by atoms with van der Waals surface area (Å²) in [5.41, 5.74) is 3.37. The Labute approximate surface area is 235 Å². The van der Waals surface area contributed by atoms with Crippen molar-refractivity contribution in [1.82, 2.24) is 4.90 Å². The number of methoxy groups -OCH3 is 1. The lowest BCUT2D eigenvalue weighted by atomic mass is 9.97. The number of carboxylic acids is 1. The Hall–Kier alpha value is -4.82. The van der Waals surface area contributed by atoms with Crippen molar-refractivity contribution in [2.24, 2.45) is 0 Å². The first-order valence-electron chi connectivity index (χ1n) is 12.4. The van der Waals surface area contributed by atoms with Gasteiger partial charge >= 0.3 is 5.97 Å². The quantitative estimate of drug-likeness (QED) is 0.229. The van der Waals surface area contributed by atoms with Crippen LogP contribution in [0.2, 0.25) is 0 Å². The van der Waals surface area contributed by atoms with Gasteiger partial charge in [0.2, 0.25) is 0 Å². The van der Waals surface area contributed by atoms with Crippen molar-refractivity contribution in [1.29, 1.82) is 0 Å². The highest BCUT2D eigenvalue weighted by molar-refractivity contribution is 8.18. The molecule has 1 saturated heterocycles. The molecule has 40 heavy (non-hydrogen) atoms. The number of carboxylic acid groups (broad SMARTS) is 1. The molecule has 0 saturated carbocycles. The fraction of sp³-hybridized carbons (Fsp3) is 0.0938. The van der Waals surface area contributed by atoms with Gasteiger partial charge in [0.15, 0.2) is 11.5 Å². The molecule has 0 aliphatic carbocycles. The van der Waals surface area contributed by atoms with Crippen molar-refractivity contribution < 1.29 is 29.0 Å². The van der Waals surface area contributed by atoms with Gasteiger partial charge in [-0.1, -0.05) is 78.9 Å². The van der Waals surface area contributed by atoms with E-state index in [9.17, 15) is 14.4 Å². The molecule has 1 fully saturated rings. The number of hydrogen-bond donors (Lipinski definition) is 1. The summed E-state index contributed by atoms with van der Waals surface area (Å²) in [5, 5.41) is 8.72. The smallest absolute Gasteiger partial charge is 0.335 e. The van der Waals surface area contributed by atoms with Crippen LogP contribution in [0.4, 0.5) is 4.79 Å². The molecule has 1 N–H and O–H groups in total. The maximum atomic E-state index is 13.6. The van der Waals surface area contributed by atoms with Gasteiger partial charge in [-0.15, -0.1) is 0 Å². The number of nitrogens with zero attached hydrogens (tertiary/aromatic N) is 1. The Morgan fingerprint density at radius 1 is 0.875 bits per heavy atom. The summed E-state index contributed by atoms with van der Waals surface area (Å²) in [6.45, 7) is 0.217. The normalized spacial score (nSPS) is 14.2. The summed E-state index contributed by atoms with van der Waals surface area (Å²) >= 11 is 0.907. The van der Waals surface area contributed by atoms with Gasteiger partial charge in [-0.05, 0) is 64.4 Å². The third-order valence-electron chi connectivity index (χ3n) is 6.39. The minimum absolute atomic E-state index is 0.203. The van der Waals surface area contributed by atoms with E-state index in [4.69, 9.17) is 14.6 Å². The molecule has 0 aromatic heterocycles. The van der Waals surface area contributed by atoms with Crippen LogP contribution in [0.1, 0.15) is 38.7 Å². The summed E-state index contributed by atoms with van der Waals surface area (Å²) in [6.07, 6.45) is 1.68.